The lowest BCUT2D eigenvalue weighted by Crippen LogP contribution is -2.22. The maximum atomic E-state index is 12.1. The Bertz CT molecular complexity index is 647. The Balaban J connectivity index is 2.02. The highest BCUT2D eigenvalue weighted by Crippen LogP contribution is 2.15. The molecular formula is C16H15NO2S. The summed E-state index contributed by atoms with van der Waals surface area (Å²) in [6.07, 6.45) is 0. The summed E-state index contributed by atoms with van der Waals surface area (Å²) < 4.78 is 0. The Morgan fingerprint density at radius 2 is 2.05 bits per heavy atom. The van der Waals surface area contributed by atoms with Crippen LogP contribution in [0.15, 0.2) is 35.7 Å². The first kappa shape index (κ1) is 14.3. The Morgan fingerprint density at radius 1 is 1.30 bits per heavy atom. The summed E-state index contributed by atoms with van der Waals surface area (Å²) in [6.45, 7) is 2.31. The molecule has 1 heterocycles. The van der Waals surface area contributed by atoms with Crippen molar-refractivity contribution in [2.75, 3.05) is 6.61 Å². The molecule has 0 aliphatic heterocycles. The van der Waals surface area contributed by atoms with E-state index in [0.717, 1.165) is 5.56 Å². The highest BCUT2D eigenvalue weighted by atomic mass is 32.1. The standard InChI is InChI=1S/C16H15NO2S/c1-12-4-6-13(7-5-12)11-17-16(19)15-14(3-2-9-18)8-10-20-15/h4-8,10,18H,9,11H2,1H3,(H,17,19). The quantitative estimate of drug-likeness (QED) is 0.850. The molecule has 102 valence electrons. The molecule has 0 atom stereocenters. The largest absolute Gasteiger partial charge is 0.384 e. The Morgan fingerprint density at radius 3 is 2.75 bits per heavy atom. The molecule has 1 amide bonds. The molecule has 1 aromatic carbocycles. The van der Waals surface area contributed by atoms with Crippen LogP contribution in [-0.4, -0.2) is 17.6 Å². The van der Waals surface area contributed by atoms with E-state index >= 15 is 0 Å². The first-order chi connectivity index (χ1) is 9.70. The lowest BCUT2D eigenvalue weighted by Gasteiger charge is -2.05. The molecule has 1 aromatic heterocycles. The van der Waals surface area contributed by atoms with Gasteiger partial charge >= 0.3 is 0 Å². The summed E-state index contributed by atoms with van der Waals surface area (Å²) >= 11 is 1.35. The van der Waals surface area contributed by atoms with Gasteiger partial charge in [-0.2, -0.15) is 0 Å². The molecule has 0 spiro atoms. The average molecular weight is 285 g/mol. The van der Waals surface area contributed by atoms with E-state index in [9.17, 15) is 4.79 Å². The van der Waals surface area contributed by atoms with E-state index in [1.807, 2.05) is 36.6 Å². The van der Waals surface area contributed by atoms with Gasteiger partial charge in [-0.05, 0) is 23.9 Å². The number of aliphatic hydroxyl groups excluding tert-OH is 1. The molecule has 2 aromatic rings. The van der Waals surface area contributed by atoms with Crippen LogP contribution in [0, 0.1) is 18.8 Å². The van der Waals surface area contributed by atoms with Gasteiger partial charge in [0.1, 0.15) is 11.5 Å². The minimum absolute atomic E-state index is 0.136. The van der Waals surface area contributed by atoms with Crippen molar-refractivity contribution in [2.45, 2.75) is 13.5 Å². The lowest BCUT2D eigenvalue weighted by atomic mass is 10.1. The van der Waals surface area contributed by atoms with Crippen LogP contribution in [0.2, 0.25) is 0 Å². The molecule has 0 unspecified atom stereocenters. The summed E-state index contributed by atoms with van der Waals surface area (Å²) in [5.74, 6) is 5.20. The second-order valence-electron chi connectivity index (χ2n) is 4.29. The Hall–Kier alpha value is -2.09. The molecular weight excluding hydrogens is 270 g/mol. The third-order valence-corrected chi connectivity index (χ3v) is 3.66. The van der Waals surface area contributed by atoms with Gasteiger partial charge in [0.25, 0.3) is 5.91 Å². The number of thiophene rings is 1. The van der Waals surface area contributed by atoms with E-state index in [0.29, 0.717) is 17.0 Å². The van der Waals surface area contributed by atoms with Crippen molar-refractivity contribution >= 4 is 17.2 Å². The number of carbonyl (C=O) groups is 1. The predicted molar refractivity (Wildman–Crippen MR) is 80.6 cm³/mol. The number of aryl methyl sites for hydroxylation is 1. The molecule has 0 aliphatic rings. The number of nitrogens with one attached hydrogen (secondary N) is 1. The van der Waals surface area contributed by atoms with Gasteiger partial charge in [0.15, 0.2) is 0 Å². The monoisotopic (exact) mass is 285 g/mol. The van der Waals surface area contributed by atoms with Gasteiger partial charge in [0.2, 0.25) is 0 Å². The summed E-state index contributed by atoms with van der Waals surface area (Å²) in [7, 11) is 0. The summed E-state index contributed by atoms with van der Waals surface area (Å²) in [5.41, 5.74) is 2.91. The maximum absolute atomic E-state index is 12.1. The zero-order valence-corrected chi connectivity index (χ0v) is 12.0. The van der Waals surface area contributed by atoms with Crippen LogP contribution in [0.4, 0.5) is 0 Å². The smallest absolute Gasteiger partial charge is 0.262 e. The van der Waals surface area contributed by atoms with Crippen molar-refractivity contribution < 1.29 is 9.90 Å². The molecule has 3 nitrogen and oxygen atoms in total. The van der Waals surface area contributed by atoms with Gasteiger partial charge in [-0.15, -0.1) is 11.3 Å². The van der Waals surface area contributed by atoms with E-state index in [4.69, 9.17) is 5.11 Å². The number of amides is 1. The number of benzene rings is 1. The van der Waals surface area contributed by atoms with Crippen molar-refractivity contribution in [3.63, 3.8) is 0 Å². The zero-order valence-electron chi connectivity index (χ0n) is 11.1. The van der Waals surface area contributed by atoms with Crippen LogP contribution < -0.4 is 5.32 Å². The first-order valence-corrected chi connectivity index (χ1v) is 7.09. The second-order valence-corrected chi connectivity index (χ2v) is 5.21. The fourth-order valence-electron chi connectivity index (χ4n) is 1.69. The number of aliphatic hydroxyl groups is 1. The van der Waals surface area contributed by atoms with Crippen molar-refractivity contribution in [2.24, 2.45) is 0 Å². The van der Waals surface area contributed by atoms with Gasteiger partial charge in [0.05, 0.1) is 0 Å². The number of rotatable bonds is 3. The van der Waals surface area contributed by atoms with Gasteiger partial charge in [-0.3, -0.25) is 4.79 Å². The normalized spacial score (nSPS) is 9.70. The number of hydrogen-bond donors (Lipinski definition) is 2. The van der Waals surface area contributed by atoms with Crippen LogP contribution in [-0.2, 0) is 6.54 Å². The maximum Gasteiger partial charge on any atom is 0.262 e. The molecule has 2 N–H and O–H groups in total. The molecule has 0 saturated carbocycles. The van der Waals surface area contributed by atoms with E-state index in [1.165, 1.54) is 16.9 Å². The van der Waals surface area contributed by atoms with Gasteiger partial charge in [0, 0.05) is 12.1 Å². The van der Waals surface area contributed by atoms with Crippen molar-refractivity contribution in [1.29, 1.82) is 0 Å². The summed E-state index contributed by atoms with van der Waals surface area (Å²) in [6, 6.07) is 9.82. The molecule has 0 fully saturated rings. The molecule has 0 aliphatic carbocycles. The van der Waals surface area contributed by atoms with Gasteiger partial charge in [-0.1, -0.05) is 41.7 Å². The number of carbonyl (C=O) groups excluding carboxylic acids is 1. The predicted octanol–water partition coefficient (Wildman–Crippen LogP) is 2.33. The molecule has 2 rings (SSSR count). The average Bonchev–Trinajstić information content (AvgIpc) is 2.92. The minimum atomic E-state index is -0.208. The fourth-order valence-corrected chi connectivity index (χ4v) is 2.45. The Labute approximate surface area is 122 Å². The Kier molecular flexibility index (Phi) is 4.94. The van der Waals surface area contributed by atoms with Gasteiger partial charge < -0.3 is 10.4 Å². The van der Waals surface area contributed by atoms with E-state index in [1.54, 1.807) is 6.07 Å². The van der Waals surface area contributed by atoms with E-state index in [2.05, 4.69) is 17.2 Å². The van der Waals surface area contributed by atoms with Crippen molar-refractivity contribution in [3.8, 4) is 11.8 Å². The molecule has 4 heteroatoms. The topological polar surface area (TPSA) is 49.3 Å². The minimum Gasteiger partial charge on any atom is -0.384 e. The highest BCUT2D eigenvalue weighted by molar-refractivity contribution is 7.12. The highest BCUT2D eigenvalue weighted by Gasteiger charge is 2.11. The SMILES string of the molecule is Cc1ccc(CNC(=O)c2sccc2C#CCO)cc1. The fraction of sp³-hybridized carbons (Fsp3) is 0.188. The molecule has 0 saturated heterocycles. The number of hydrogen-bond acceptors (Lipinski definition) is 3. The van der Waals surface area contributed by atoms with Crippen molar-refractivity contribution in [1.82, 2.24) is 5.32 Å². The third-order valence-electron chi connectivity index (χ3n) is 2.75. The summed E-state index contributed by atoms with van der Waals surface area (Å²) in [5, 5.41) is 13.4. The third kappa shape index (κ3) is 3.70. The van der Waals surface area contributed by atoms with E-state index < -0.39 is 0 Å². The van der Waals surface area contributed by atoms with Crippen LogP contribution in [0.5, 0.6) is 0 Å². The van der Waals surface area contributed by atoms with Crippen LogP contribution >= 0.6 is 11.3 Å². The van der Waals surface area contributed by atoms with Crippen molar-refractivity contribution in [3.05, 3.63) is 57.3 Å². The zero-order chi connectivity index (χ0) is 14.4. The van der Waals surface area contributed by atoms with Gasteiger partial charge in [-0.25, -0.2) is 0 Å². The molecule has 0 radical (unpaired) electrons. The van der Waals surface area contributed by atoms with Crippen LogP contribution in [0.25, 0.3) is 0 Å². The second kappa shape index (κ2) is 6.90. The summed E-state index contributed by atoms with van der Waals surface area (Å²) in [4.78, 5) is 12.7. The van der Waals surface area contributed by atoms with Crippen LogP contribution in [0.1, 0.15) is 26.4 Å². The van der Waals surface area contributed by atoms with E-state index in [-0.39, 0.29) is 12.5 Å². The lowest BCUT2D eigenvalue weighted by molar-refractivity contribution is 0.0955. The molecule has 20 heavy (non-hydrogen) atoms. The molecule has 0 bridgehead atoms. The van der Waals surface area contributed by atoms with Crippen LogP contribution in [0.3, 0.4) is 0 Å². The first-order valence-electron chi connectivity index (χ1n) is 6.21.